The lowest BCUT2D eigenvalue weighted by Crippen LogP contribution is -2.03. The molecule has 2 heterocycles. The van der Waals surface area contributed by atoms with Crippen molar-refractivity contribution < 1.29 is 8.83 Å². The van der Waals surface area contributed by atoms with E-state index >= 15 is 0 Å². The Morgan fingerprint density at radius 1 is 0.241 bits per heavy atom. The van der Waals surface area contributed by atoms with Gasteiger partial charge in [0.25, 0.3) is 0 Å². The smallest absolute Gasteiger partial charge is 0.200 e. The summed E-state index contributed by atoms with van der Waals surface area (Å²) < 4.78 is 12.5. The molecule has 0 N–H and O–H groups in total. The SMILES string of the molecule is O=c1c2cc(-c3cccc(-c4ccccc4)c3)ccc2oc2ccc(-c3ccc4oc5ccc(-c6cccc(-c7ccccc7)c6)cc5c(=O)c4c3)cc12. The van der Waals surface area contributed by atoms with Crippen LogP contribution in [0.4, 0.5) is 0 Å². The highest BCUT2D eigenvalue weighted by Gasteiger charge is 2.14. The Morgan fingerprint density at radius 3 is 0.815 bits per heavy atom. The zero-order chi connectivity index (χ0) is 36.2. The molecule has 0 saturated heterocycles. The minimum atomic E-state index is -0.107. The molecule has 10 rings (SSSR count). The van der Waals surface area contributed by atoms with Gasteiger partial charge in [0, 0.05) is 0 Å². The molecule has 0 aliphatic heterocycles. The van der Waals surface area contributed by atoms with Gasteiger partial charge in [0.1, 0.15) is 22.3 Å². The first-order valence-electron chi connectivity index (χ1n) is 17.9. The van der Waals surface area contributed by atoms with E-state index in [0.717, 1.165) is 55.6 Å². The highest BCUT2D eigenvalue weighted by atomic mass is 16.3. The van der Waals surface area contributed by atoms with Crippen LogP contribution in [0.2, 0.25) is 0 Å². The Hall–Kier alpha value is -7.30. The molecule has 0 fully saturated rings. The van der Waals surface area contributed by atoms with E-state index < -0.39 is 0 Å². The molecule has 0 unspecified atom stereocenters. The van der Waals surface area contributed by atoms with Crippen molar-refractivity contribution in [3.63, 3.8) is 0 Å². The van der Waals surface area contributed by atoms with Gasteiger partial charge in [0.05, 0.1) is 21.5 Å². The molecular weight excluding hydrogens is 665 g/mol. The second-order valence-corrected chi connectivity index (χ2v) is 13.6. The van der Waals surface area contributed by atoms with Crippen LogP contribution >= 0.6 is 0 Å². The third-order valence-electron chi connectivity index (χ3n) is 10.3. The van der Waals surface area contributed by atoms with Gasteiger partial charge in [-0.1, -0.05) is 121 Å². The van der Waals surface area contributed by atoms with Crippen LogP contribution < -0.4 is 10.9 Å². The zero-order valence-electron chi connectivity index (χ0n) is 29.0. The second-order valence-electron chi connectivity index (χ2n) is 13.6. The largest absolute Gasteiger partial charge is 0.456 e. The summed E-state index contributed by atoms with van der Waals surface area (Å²) in [5.74, 6) is 0. The highest BCUT2D eigenvalue weighted by molar-refractivity contribution is 5.97. The molecule has 8 aromatic carbocycles. The molecular formula is C50H30O4. The van der Waals surface area contributed by atoms with Crippen molar-refractivity contribution in [2.45, 2.75) is 0 Å². The van der Waals surface area contributed by atoms with Gasteiger partial charge in [-0.3, -0.25) is 9.59 Å². The van der Waals surface area contributed by atoms with Gasteiger partial charge in [-0.2, -0.15) is 0 Å². The predicted octanol–water partition coefficient (Wildman–Crippen LogP) is 12.5. The molecule has 4 nitrogen and oxygen atoms in total. The summed E-state index contributed by atoms with van der Waals surface area (Å²) in [5, 5.41) is 1.97. The van der Waals surface area contributed by atoms with E-state index in [4.69, 9.17) is 8.83 Å². The van der Waals surface area contributed by atoms with Crippen molar-refractivity contribution in [2.24, 2.45) is 0 Å². The van der Waals surface area contributed by atoms with Crippen molar-refractivity contribution in [1.29, 1.82) is 0 Å². The van der Waals surface area contributed by atoms with E-state index in [9.17, 15) is 9.59 Å². The molecule has 0 amide bonds. The molecule has 0 saturated carbocycles. The van der Waals surface area contributed by atoms with Crippen molar-refractivity contribution in [3.05, 3.63) is 202 Å². The van der Waals surface area contributed by atoms with Crippen LogP contribution in [-0.2, 0) is 0 Å². The Morgan fingerprint density at radius 2 is 0.500 bits per heavy atom. The van der Waals surface area contributed by atoms with E-state index in [2.05, 4.69) is 60.7 Å². The minimum absolute atomic E-state index is 0.107. The first kappa shape index (κ1) is 31.4. The number of fused-ring (bicyclic) bond motifs is 4. The molecule has 0 atom stereocenters. The van der Waals surface area contributed by atoms with Crippen molar-refractivity contribution in [1.82, 2.24) is 0 Å². The third kappa shape index (κ3) is 5.49. The van der Waals surface area contributed by atoms with E-state index in [1.807, 2.05) is 121 Å². The number of benzene rings is 8. The monoisotopic (exact) mass is 694 g/mol. The van der Waals surface area contributed by atoms with E-state index in [1.54, 1.807) is 0 Å². The van der Waals surface area contributed by atoms with Crippen LogP contribution in [-0.4, -0.2) is 0 Å². The molecule has 10 aromatic rings. The predicted molar refractivity (Wildman–Crippen MR) is 221 cm³/mol. The molecule has 254 valence electrons. The van der Waals surface area contributed by atoms with Crippen molar-refractivity contribution in [2.75, 3.05) is 0 Å². The highest BCUT2D eigenvalue weighted by Crippen LogP contribution is 2.33. The lowest BCUT2D eigenvalue weighted by molar-refractivity contribution is 0.659. The van der Waals surface area contributed by atoms with Gasteiger partial charge < -0.3 is 8.83 Å². The summed E-state index contributed by atoms with van der Waals surface area (Å²) in [5.41, 5.74) is 11.8. The molecule has 0 spiro atoms. The fraction of sp³-hybridized carbons (Fsp3) is 0. The third-order valence-corrected chi connectivity index (χ3v) is 10.3. The Labute approximate surface area is 309 Å². The van der Waals surface area contributed by atoms with Crippen LogP contribution in [0.3, 0.4) is 0 Å². The molecule has 2 aromatic heterocycles. The molecule has 0 bridgehead atoms. The van der Waals surface area contributed by atoms with E-state index in [-0.39, 0.29) is 10.9 Å². The minimum Gasteiger partial charge on any atom is -0.456 e. The number of hydrogen-bond acceptors (Lipinski definition) is 4. The fourth-order valence-electron chi connectivity index (χ4n) is 7.45. The molecule has 0 aliphatic rings. The summed E-state index contributed by atoms with van der Waals surface area (Å²) in [4.78, 5) is 28.2. The lowest BCUT2D eigenvalue weighted by Gasteiger charge is -2.09. The summed E-state index contributed by atoms with van der Waals surface area (Å²) in [6.45, 7) is 0. The Bertz CT molecular complexity index is 2980. The van der Waals surface area contributed by atoms with Crippen LogP contribution in [0.15, 0.2) is 200 Å². The van der Waals surface area contributed by atoms with Gasteiger partial charge >= 0.3 is 0 Å². The molecule has 0 aliphatic carbocycles. The van der Waals surface area contributed by atoms with Gasteiger partial charge in [-0.05, 0) is 116 Å². The average molecular weight is 695 g/mol. The maximum atomic E-state index is 14.1. The van der Waals surface area contributed by atoms with Gasteiger partial charge in [-0.15, -0.1) is 0 Å². The van der Waals surface area contributed by atoms with Crippen molar-refractivity contribution >= 4 is 43.9 Å². The maximum absolute atomic E-state index is 14.1. The summed E-state index contributed by atoms with van der Waals surface area (Å²) in [7, 11) is 0. The Kier molecular flexibility index (Phi) is 7.41. The van der Waals surface area contributed by atoms with Crippen LogP contribution in [0.5, 0.6) is 0 Å². The standard InChI is InChI=1S/C50H30O4/c51-49-41-27-37(35-15-7-13-33(25-35)31-9-3-1-4-10-31)17-21-45(41)53-47-23-19-39(29-43(47)49)40-20-24-48-44(30-40)50(52)42-28-38(18-22-46(42)54-48)36-16-8-14-34(26-36)32-11-5-2-6-12-32/h1-30H. The van der Waals surface area contributed by atoms with Gasteiger partial charge in [0.15, 0.2) is 0 Å². The van der Waals surface area contributed by atoms with Crippen LogP contribution in [0.25, 0.3) is 99.5 Å². The number of hydrogen-bond donors (Lipinski definition) is 0. The second kappa shape index (κ2) is 12.7. The average Bonchev–Trinajstić information content (AvgIpc) is 3.24. The summed E-state index contributed by atoms with van der Waals surface area (Å²) in [6, 6.07) is 59.9. The summed E-state index contributed by atoms with van der Waals surface area (Å²) >= 11 is 0. The van der Waals surface area contributed by atoms with Crippen molar-refractivity contribution in [3.8, 4) is 55.6 Å². The first-order valence-corrected chi connectivity index (χ1v) is 17.9. The quantitative estimate of drug-likeness (QED) is 0.168. The molecule has 54 heavy (non-hydrogen) atoms. The fourth-order valence-corrected chi connectivity index (χ4v) is 7.45. The first-order chi connectivity index (χ1) is 26.6. The topological polar surface area (TPSA) is 60.4 Å². The van der Waals surface area contributed by atoms with Crippen LogP contribution in [0.1, 0.15) is 0 Å². The number of rotatable bonds is 5. The van der Waals surface area contributed by atoms with E-state index in [0.29, 0.717) is 43.9 Å². The lowest BCUT2D eigenvalue weighted by atomic mass is 9.97. The Balaban J connectivity index is 1.03. The molecule has 4 heteroatoms. The zero-order valence-corrected chi connectivity index (χ0v) is 29.0. The molecule has 0 radical (unpaired) electrons. The maximum Gasteiger partial charge on any atom is 0.200 e. The summed E-state index contributed by atoms with van der Waals surface area (Å²) in [6.07, 6.45) is 0. The van der Waals surface area contributed by atoms with Crippen LogP contribution in [0, 0.1) is 0 Å². The normalized spacial score (nSPS) is 11.5. The van der Waals surface area contributed by atoms with E-state index in [1.165, 1.54) is 0 Å². The van der Waals surface area contributed by atoms with Gasteiger partial charge in [0.2, 0.25) is 10.9 Å². The van der Waals surface area contributed by atoms with Gasteiger partial charge in [-0.25, -0.2) is 0 Å².